The van der Waals surface area contributed by atoms with E-state index in [9.17, 15) is 9.59 Å². The van der Waals surface area contributed by atoms with Crippen LogP contribution < -0.4 is 0 Å². The molecule has 1 amide bonds. The number of aliphatic carboxylic acids is 1. The average molecular weight is 256 g/mol. The predicted octanol–water partition coefficient (Wildman–Crippen LogP) is 0.465. The van der Waals surface area contributed by atoms with Crippen molar-refractivity contribution >= 4 is 11.9 Å². The Bertz CT molecular complexity index is 421. The second-order valence-electron chi connectivity index (χ2n) is 3.81. The van der Waals surface area contributed by atoms with E-state index < -0.39 is 11.9 Å². The van der Waals surface area contributed by atoms with Gasteiger partial charge in [0.1, 0.15) is 17.9 Å². The van der Waals surface area contributed by atoms with Crippen LogP contribution in [0.3, 0.4) is 0 Å². The number of rotatable bonds is 6. The van der Waals surface area contributed by atoms with E-state index in [-0.39, 0.29) is 19.7 Å². The number of hydrogen-bond donors (Lipinski definition) is 1. The van der Waals surface area contributed by atoms with Gasteiger partial charge in [-0.3, -0.25) is 9.59 Å². The first kappa shape index (κ1) is 14.2. The smallest absolute Gasteiger partial charge is 0.323 e. The number of aromatic nitrogens is 1. The number of aryl methyl sites for hydroxylation is 2. The number of nitrogens with zero attached hydrogens (tertiary/aromatic N) is 2. The number of amides is 1. The van der Waals surface area contributed by atoms with Crippen LogP contribution in [0.2, 0.25) is 0 Å². The first-order valence-corrected chi connectivity index (χ1v) is 5.40. The molecule has 0 aliphatic carbocycles. The molecule has 0 unspecified atom stereocenters. The zero-order valence-corrected chi connectivity index (χ0v) is 10.6. The molecule has 7 nitrogen and oxygen atoms in total. The maximum absolute atomic E-state index is 12.2. The SMILES string of the molecule is COCCN(CC(=O)O)C(=O)c1c(C)noc1C. The van der Waals surface area contributed by atoms with Crippen molar-refractivity contribution in [3.63, 3.8) is 0 Å². The lowest BCUT2D eigenvalue weighted by Crippen LogP contribution is -2.38. The van der Waals surface area contributed by atoms with E-state index >= 15 is 0 Å². The zero-order chi connectivity index (χ0) is 13.7. The van der Waals surface area contributed by atoms with Crippen molar-refractivity contribution < 1.29 is 24.0 Å². The van der Waals surface area contributed by atoms with E-state index in [1.54, 1.807) is 13.8 Å². The van der Waals surface area contributed by atoms with E-state index in [2.05, 4.69) is 5.16 Å². The highest BCUT2D eigenvalue weighted by Gasteiger charge is 2.24. The molecule has 0 spiro atoms. The number of carboxylic acids is 1. The maximum Gasteiger partial charge on any atom is 0.323 e. The molecule has 1 heterocycles. The molecular formula is C11H16N2O5. The van der Waals surface area contributed by atoms with Crippen LogP contribution >= 0.6 is 0 Å². The standard InChI is InChI=1S/C11H16N2O5/c1-7-10(8(2)18-12-7)11(16)13(4-5-17-3)6-9(14)15/h4-6H2,1-3H3,(H,14,15). The fourth-order valence-corrected chi connectivity index (χ4v) is 1.56. The average Bonchev–Trinajstić information content (AvgIpc) is 2.63. The first-order chi connectivity index (χ1) is 8.47. The van der Waals surface area contributed by atoms with Crippen molar-refractivity contribution in [2.45, 2.75) is 13.8 Å². The topological polar surface area (TPSA) is 92.9 Å². The summed E-state index contributed by atoms with van der Waals surface area (Å²) >= 11 is 0. The van der Waals surface area contributed by atoms with Crippen LogP contribution in [-0.2, 0) is 9.53 Å². The highest BCUT2D eigenvalue weighted by Crippen LogP contribution is 2.14. The van der Waals surface area contributed by atoms with Gasteiger partial charge in [-0.1, -0.05) is 5.16 Å². The van der Waals surface area contributed by atoms with Crippen LogP contribution in [-0.4, -0.2) is 53.8 Å². The predicted molar refractivity (Wildman–Crippen MR) is 61.4 cm³/mol. The summed E-state index contributed by atoms with van der Waals surface area (Å²) in [6.45, 7) is 3.34. The second-order valence-corrected chi connectivity index (χ2v) is 3.81. The Labute approximate surface area is 104 Å². The minimum atomic E-state index is -1.08. The second kappa shape index (κ2) is 6.15. The summed E-state index contributed by atoms with van der Waals surface area (Å²) in [6.07, 6.45) is 0. The zero-order valence-electron chi connectivity index (χ0n) is 10.6. The van der Waals surface area contributed by atoms with Gasteiger partial charge in [-0.25, -0.2) is 0 Å². The van der Waals surface area contributed by atoms with Gasteiger partial charge in [0, 0.05) is 13.7 Å². The number of carbonyl (C=O) groups excluding carboxylic acids is 1. The van der Waals surface area contributed by atoms with Crippen molar-refractivity contribution in [3.8, 4) is 0 Å². The molecular weight excluding hydrogens is 240 g/mol. The molecule has 0 aromatic carbocycles. The van der Waals surface area contributed by atoms with Crippen LogP contribution in [0.1, 0.15) is 21.8 Å². The van der Waals surface area contributed by atoms with Gasteiger partial charge in [0.2, 0.25) is 0 Å². The van der Waals surface area contributed by atoms with Crippen molar-refractivity contribution in [1.82, 2.24) is 10.1 Å². The van der Waals surface area contributed by atoms with Crippen LogP contribution in [0.5, 0.6) is 0 Å². The minimum absolute atomic E-state index is 0.200. The van der Waals surface area contributed by atoms with Gasteiger partial charge < -0.3 is 19.3 Å². The summed E-state index contributed by atoms with van der Waals surface area (Å²) in [5.74, 6) is -1.11. The molecule has 0 aliphatic rings. The number of carboxylic acid groups (broad SMARTS) is 1. The molecule has 0 saturated heterocycles. The Morgan fingerprint density at radius 2 is 2.11 bits per heavy atom. The van der Waals surface area contributed by atoms with Gasteiger partial charge >= 0.3 is 5.97 Å². The monoisotopic (exact) mass is 256 g/mol. The maximum atomic E-state index is 12.2. The Morgan fingerprint density at radius 3 is 2.56 bits per heavy atom. The third-order valence-electron chi connectivity index (χ3n) is 2.43. The largest absolute Gasteiger partial charge is 0.480 e. The van der Waals surface area contributed by atoms with E-state index in [0.717, 1.165) is 0 Å². The van der Waals surface area contributed by atoms with Crippen LogP contribution in [0, 0.1) is 13.8 Å². The quantitative estimate of drug-likeness (QED) is 0.795. The normalized spacial score (nSPS) is 10.4. The van der Waals surface area contributed by atoms with Gasteiger partial charge in [-0.15, -0.1) is 0 Å². The molecule has 0 fully saturated rings. The Kier molecular flexibility index (Phi) is 4.85. The Morgan fingerprint density at radius 1 is 1.44 bits per heavy atom. The minimum Gasteiger partial charge on any atom is -0.480 e. The Balaban J connectivity index is 2.91. The van der Waals surface area contributed by atoms with Gasteiger partial charge in [0.05, 0.1) is 12.3 Å². The molecule has 0 radical (unpaired) electrons. The molecule has 1 aromatic rings. The first-order valence-electron chi connectivity index (χ1n) is 5.40. The van der Waals surface area contributed by atoms with E-state index in [0.29, 0.717) is 17.0 Å². The van der Waals surface area contributed by atoms with E-state index in [1.807, 2.05) is 0 Å². The molecule has 0 bridgehead atoms. The summed E-state index contributed by atoms with van der Waals surface area (Å²) in [5.41, 5.74) is 0.762. The van der Waals surface area contributed by atoms with E-state index in [1.165, 1.54) is 12.0 Å². The van der Waals surface area contributed by atoms with Crippen LogP contribution in [0.15, 0.2) is 4.52 Å². The lowest BCUT2D eigenvalue weighted by atomic mass is 10.2. The lowest BCUT2D eigenvalue weighted by molar-refractivity contribution is -0.137. The van der Waals surface area contributed by atoms with Crippen molar-refractivity contribution in [2.24, 2.45) is 0 Å². The molecule has 0 aliphatic heterocycles. The molecule has 1 rings (SSSR count). The summed E-state index contributed by atoms with van der Waals surface area (Å²) in [4.78, 5) is 24.1. The van der Waals surface area contributed by atoms with Crippen molar-refractivity contribution in [2.75, 3.05) is 26.8 Å². The van der Waals surface area contributed by atoms with Crippen molar-refractivity contribution in [3.05, 3.63) is 17.0 Å². The fourth-order valence-electron chi connectivity index (χ4n) is 1.56. The highest BCUT2D eigenvalue weighted by atomic mass is 16.5. The van der Waals surface area contributed by atoms with Gasteiger partial charge in [-0.05, 0) is 13.8 Å². The number of ether oxygens (including phenoxy) is 1. The van der Waals surface area contributed by atoms with Gasteiger partial charge in [-0.2, -0.15) is 0 Å². The highest BCUT2D eigenvalue weighted by molar-refractivity contribution is 5.97. The lowest BCUT2D eigenvalue weighted by Gasteiger charge is -2.19. The molecule has 100 valence electrons. The van der Waals surface area contributed by atoms with Crippen LogP contribution in [0.25, 0.3) is 0 Å². The Hall–Kier alpha value is -1.89. The third-order valence-corrected chi connectivity index (χ3v) is 2.43. The molecule has 18 heavy (non-hydrogen) atoms. The van der Waals surface area contributed by atoms with Gasteiger partial charge in [0.15, 0.2) is 0 Å². The summed E-state index contributed by atoms with van der Waals surface area (Å²) in [5, 5.41) is 12.5. The molecule has 7 heteroatoms. The third kappa shape index (κ3) is 3.30. The summed E-state index contributed by atoms with van der Waals surface area (Å²) in [7, 11) is 1.49. The fraction of sp³-hybridized carbons (Fsp3) is 0.545. The number of hydrogen-bond acceptors (Lipinski definition) is 5. The molecule has 1 aromatic heterocycles. The number of carbonyl (C=O) groups is 2. The van der Waals surface area contributed by atoms with Crippen molar-refractivity contribution in [1.29, 1.82) is 0 Å². The summed E-state index contributed by atoms with van der Waals surface area (Å²) in [6, 6.07) is 0. The molecule has 1 N–H and O–H groups in total. The van der Waals surface area contributed by atoms with E-state index in [4.69, 9.17) is 14.4 Å². The molecule has 0 atom stereocenters. The summed E-state index contributed by atoms with van der Waals surface area (Å²) < 4.78 is 9.76. The van der Waals surface area contributed by atoms with Crippen LogP contribution in [0.4, 0.5) is 0 Å². The van der Waals surface area contributed by atoms with Gasteiger partial charge in [0.25, 0.3) is 5.91 Å². The molecule has 0 saturated carbocycles. The number of methoxy groups -OCH3 is 1.